The molecule has 0 saturated heterocycles. The van der Waals surface area contributed by atoms with E-state index in [4.69, 9.17) is 4.74 Å². The third kappa shape index (κ3) is 3.91. The average Bonchev–Trinajstić information content (AvgIpc) is 2.98. The van der Waals surface area contributed by atoms with Crippen LogP contribution < -0.4 is 0 Å². The van der Waals surface area contributed by atoms with Crippen molar-refractivity contribution < 1.29 is 14.1 Å². The van der Waals surface area contributed by atoms with E-state index < -0.39 is 11.4 Å². The van der Waals surface area contributed by atoms with E-state index in [0.717, 1.165) is 18.4 Å². The first-order valence-corrected chi connectivity index (χ1v) is 9.03. The third-order valence-corrected chi connectivity index (χ3v) is 5.16. The normalized spacial score (nSPS) is 19.8. The van der Waals surface area contributed by atoms with Crippen LogP contribution in [0.5, 0.6) is 0 Å². The number of esters is 1. The molecule has 0 radical (unpaired) electrons. The number of rotatable bonds is 7. The van der Waals surface area contributed by atoms with E-state index in [-0.39, 0.29) is 12.0 Å². The van der Waals surface area contributed by atoms with E-state index in [0.29, 0.717) is 24.5 Å². The highest BCUT2D eigenvalue weighted by Gasteiger charge is 2.39. The first-order valence-electron chi connectivity index (χ1n) is 7.76. The molecule has 0 aromatic heterocycles. The Morgan fingerprint density at radius 1 is 1.36 bits per heavy atom. The van der Waals surface area contributed by atoms with Crippen molar-refractivity contribution in [1.82, 2.24) is 4.31 Å². The summed E-state index contributed by atoms with van der Waals surface area (Å²) in [5.41, 5.74) is 1.57. The first-order chi connectivity index (χ1) is 10.7. The van der Waals surface area contributed by atoms with Crippen molar-refractivity contribution in [3.05, 3.63) is 47.5 Å². The zero-order chi connectivity index (χ0) is 15.9. The van der Waals surface area contributed by atoms with Gasteiger partial charge in [-0.3, -0.25) is 0 Å². The first kappa shape index (κ1) is 17.1. The van der Waals surface area contributed by atoms with Crippen LogP contribution in [0.2, 0.25) is 0 Å². The van der Waals surface area contributed by atoms with Crippen LogP contribution in [-0.4, -0.2) is 33.7 Å². The quantitative estimate of drug-likeness (QED) is 0.572. The van der Waals surface area contributed by atoms with Gasteiger partial charge in [-0.15, -0.1) is 4.31 Å². The molecule has 1 aromatic carbocycles. The van der Waals surface area contributed by atoms with Crippen molar-refractivity contribution in [3.63, 3.8) is 0 Å². The van der Waals surface area contributed by atoms with Gasteiger partial charge >= 0.3 is 5.97 Å². The highest BCUT2D eigenvalue weighted by molar-refractivity contribution is 7.89. The molecular formula is C17H23NO3S. The molecule has 2 atom stereocenters. The minimum atomic E-state index is -1.09. The van der Waals surface area contributed by atoms with Gasteiger partial charge in [0.25, 0.3) is 0 Å². The lowest BCUT2D eigenvalue weighted by molar-refractivity contribution is -0.138. The fourth-order valence-corrected chi connectivity index (χ4v) is 4.02. The second-order valence-corrected chi connectivity index (χ2v) is 6.69. The van der Waals surface area contributed by atoms with Crippen molar-refractivity contribution in [3.8, 4) is 0 Å². The molecular weight excluding hydrogens is 298 g/mol. The predicted octanol–water partition coefficient (Wildman–Crippen LogP) is 3.00. The summed E-state index contributed by atoms with van der Waals surface area (Å²) in [4.78, 5) is 12.2. The van der Waals surface area contributed by atoms with Crippen LogP contribution in [0.1, 0.15) is 38.3 Å². The van der Waals surface area contributed by atoms with Gasteiger partial charge in [0.2, 0.25) is 0 Å². The fraction of sp³-hybridized carbons (Fsp3) is 0.471. The fourth-order valence-electron chi connectivity index (χ4n) is 2.54. The summed E-state index contributed by atoms with van der Waals surface area (Å²) in [6, 6.07) is 9.45. The van der Waals surface area contributed by atoms with E-state index in [1.807, 2.05) is 40.7 Å². The number of carbonyl (C=O) groups is 1. The maximum absolute atomic E-state index is 12.6. The summed E-state index contributed by atoms with van der Waals surface area (Å²) in [7, 11) is 0. The number of carbonyl (C=O) groups excluding carboxylic acids is 1. The molecule has 4 nitrogen and oxygen atoms in total. The van der Waals surface area contributed by atoms with Gasteiger partial charge in [0, 0.05) is 11.4 Å². The Morgan fingerprint density at radius 3 is 2.73 bits per heavy atom. The van der Waals surface area contributed by atoms with Gasteiger partial charge in [0.15, 0.2) is 0 Å². The Bertz CT molecular complexity index is 518. The summed E-state index contributed by atoms with van der Waals surface area (Å²) >= 11 is -1.09. The summed E-state index contributed by atoms with van der Waals surface area (Å²) in [5.74, 6) is 0.315. The smallest absolute Gasteiger partial charge is 0.335 e. The lowest BCUT2D eigenvalue weighted by Crippen LogP contribution is -2.35. The number of benzene rings is 1. The Balaban J connectivity index is 2.23. The summed E-state index contributed by atoms with van der Waals surface area (Å²) < 4.78 is 19.6. The highest BCUT2D eigenvalue weighted by atomic mass is 32.2. The van der Waals surface area contributed by atoms with Gasteiger partial charge in [-0.05, 0) is 18.9 Å². The second kappa shape index (κ2) is 8.36. The monoisotopic (exact) mass is 321 g/mol. The van der Waals surface area contributed by atoms with E-state index in [2.05, 4.69) is 6.92 Å². The predicted molar refractivity (Wildman–Crippen MR) is 88.5 cm³/mol. The molecule has 1 aliphatic heterocycles. The molecule has 1 heterocycles. The van der Waals surface area contributed by atoms with E-state index in [1.54, 1.807) is 6.92 Å². The van der Waals surface area contributed by atoms with Gasteiger partial charge in [-0.2, -0.15) is 0 Å². The molecule has 0 aliphatic carbocycles. The minimum absolute atomic E-state index is 0.280. The molecule has 2 rings (SSSR count). The van der Waals surface area contributed by atoms with Crippen LogP contribution >= 0.6 is 0 Å². The van der Waals surface area contributed by atoms with E-state index in [9.17, 15) is 9.35 Å². The molecule has 22 heavy (non-hydrogen) atoms. The molecule has 0 spiro atoms. The molecule has 0 saturated carbocycles. The lowest BCUT2D eigenvalue weighted by atomic mass is 10.0. The molecule has 0 N–H and O–H groups in total. The van der Waals surface area contributed by atoms with Crippen LogP contribution in [-0.2, 0) is 20.9 Å². The van der Waals surface area contributed by atoms with Gasteiger partial charge in [-0.1, -0.05) is 49.8 Å². The lowest BCUT2D eigenvalue weighted by Gasteiger charge is -2.27. The number of hydrogen-bond donors (Lipinski definition) is 0. The Morgan fingerprint density at radius 2 is 2.09 bits per heavy atom. The van der Waals surface area contributed by atoms with Crippen molar-refractivity contribution in [2.75, 3.05) is 18.9 Å². The van der Waals surface area contributed by atoms with E-state index >= 15 is 0 Å². The van der Waals surface area contributed by atoms with Crippen molar-refractivity contribution in [2.45, 2.75) is 32.7 Å². The van der Waals surface area contributed by atoms with Crippen LogP contribution in [0.4, 0.5) is 0 Å². The average molecular weight is 321 g/mol. The molecule has 1 unspecified atom stereocenters. The summed E-state index contributed by atoms with van der Waals surface area (Å²) in [6.07, 6.45) is 3.77. The SMILES string of the molecule is CCCC[S+]([O-])N1CC=C(C(=O)OCC)[C@@H]1c1ccccc1. The number of unbranched alkanes of at least 4 members (excludes halogenated alkanes) is 1. The second-order valence-electron chi connectivity index (χ2n) is 5.17. The summed E-state index contributed by atoms with van der Waals surface area (Å²) in [6.45, 7) is 4.74. The van der Waals surface area contributed by atoms with Crippen molar-refractivity contribution in [1.29, 1.82) is 0 Å². The van der Waals surface area contributed by atoms with Crippen LogP contribution in [0.25, 0.3) is 0 Å². The maximum atomic E-state index is 12.6. The van der Waals surface area contributed by atoms with Gasteiger partial charge < -0.3 is 9.29 Å². The standard InChI is InChI=1S/C17H23NO3S/c1-3-5-13-22(20)18-12-11-15(17(19)21-4-2)16(18)14-9-7-6-8-10-14/h6-11,16H,3-5,12-13H2,1-2H3/t16-,22?/m0/s1. The topological polar surface area (TPSA) is 52.6 Å². The zero-order valence-electron chi connectivity index (χ0n) is 13.2. The Hall–Kier alpha value is -1.30. The van der Waals surface area contributed by atoms with Crippen LogP contribution in [0.15, 0.2) is 42.0 Å². The number of nitrogens with zero attached hydrogens (tertiary/aromatic N) is 1. The van der Waals surface area contributed by atoms with Crippen molar-refractivity contribution >= 4 is 17.3 Å². The van der Waals surface area contributed by atoms with Crippen molar-refractivity contribution in [2.24, 2.45) is 0 Å². The number of ether oxygens (including phenoxy) is 1. The van der Waals surface area contributed by atoms with E-state index in [1.165, 1.54) is 0 Å². The van der Waals surface area contributed by atoms with Gasteiger partial charge in [0.05, 0.1) is 18.7 Å². The highest BCUT2D eigenvalue weighted by Crippen LogP contribution is 2.36. The molecule has 0 bridgehead atoms. The number of hydrogen-bond acceptors (Lipinski definition) is 4. The molecule has 0 fully saturated rings. The molecule has 0 amide bonds. The minimum Gasteiger partial charge on any atom is -0.598 e. The zero-order valence-corrected chi connectivity index (χ0v) is 14.0. The van der Waals surface area contributed by atoms with Crippen LogP contribution in [0, 0.1) is 0 Å². The maximum Gasteiger partial charge on any atom is 0.335 e. The molecule has 1 aliphatic rings. The molecule has 1 aromatic rings. The largest absolute Gasteiger partial charge is 0.598 e. The van der Waals surface area contributed by atoms with Gasteiger partial charge in [-0.25, -0.2) is 4.79 Å². The summed E-state index contributed by atoms with van der Waals surface area (Å²) in [5, 5.41) is 0. The Kier molecular flexibility index (Phi) is 6.49. The molecule has 5 heteroatoms. The van der Waals surface area contributed by atoms with Crippen LogP contribution in [0.3, 0.4) is 0 Å². The third-order valence-electron chi connectivity index (χ3n) is 3.63. The molecule has 120 valence electrons. The Labute approximate surface area is 135 Å². The van der Waals surface area contributed by atoms with Gasteiger partial charge in [0.1, 0.15) is 11.8 Å².